The number of likely N-dealkylation sites (N-methyl/N-ethyl adjacent to an activating group) is 1. The SMILES string of the molecule is CC(C)(O/N=C(\C(=O)C[C@@H]1C(=O)N2C(C(=O)O)=C(C=Cc3ccc(C[N+]4(C)CCc5c(cc(O)c(O)c5Cl)C4)cc3)CS[C@H]12)c1csc(N)n1)C(=O)O. The molecule has 3 aliphatic heterocycles. The highest BCUT2D eigenvalue weighted by Gasteiger charge is 2.54. The number of phenols is 2. The van der Waals surface area contributed by atoms with Crippen LogP contribution in [-0.2, 0) is 43.5 Å². The molecule has 2 aromatic carbocycles. The standard InChI is InChI=1S/C36H36ClN5O9S2/c1-36(2,34(49)50)51-40-28(24-17-53-35(38)39-24)25(43)13-23-31(46)41-29(33(47)48)20(16-52-32(23)41)9-8-18-4-6-19(7-5-18)14-42(3)11-10-22-21(15-42)12-26(44)30(45)27(22)37/h4-9,12,17,23,32H,10-11,13-16H2,1-3H3,(H5-,38,39,40,43,44,45,47,48,49,50)/p+1/t23-,32-,42?/m1/s1. The number of hydrogen-bond acceptors (Lipinski definition) is 12. The molecule has 14 nitrogen and oxygen atoms in total. The number of thiazole rings is 1. The third-order valence-corrected chi connectivity index (χ3v) is 12.0. The van der Waals surface area contributed by atoms with Crippen molar-refractivity contribution in [3.05, 3.63) is 86.0 Å². The van der Waals surface area contributed by atoms with E-state index < -0.39 is 40.5 Å². The van der Waals surface area contributed by atoms with E-state index in [4.69, 9.17) is 22.2 Å². The molecule has 1 aromatic heterocycles. The van der Waals surface area contributed by atoms with Gasteiger partial charge in [0.2, 0.25) is 11.5 Å². The van der Waals surface area contributed by atoms with E-state index in [2.05, 4.69) is 17.2 Å². The number of hydrogen-bond donors (Lipinski definition) is 5. The van der Waals surface area contributed by atoms with E-state index in [1.807, 2.05) is 24.3 Å². The van der Waals surface area contributed by atoms with E-state index in [-0.39, 0.29) is 50.9 Å². The minimum Gasteiger partial charge on any atom is -0.504 e. The zero-order chi connectivity index (χ0) is 38.4. The largest absolute Gasteiger partial charge is 0.504 e. The van der Waals surface area contributed by atoms with E-state index in [1.165, 1.54) is 35.9 Å². The number of carboxylic acids is 2. The third kappa shape index (κ3) is 7.62. The molecular formula is C36H37ClN5O9S2+. The number of fused-ring (bicyclic) bond motifs is 2. The van der Waals surface area contributed by atoms with Gasteiger partial charge >= 0.3 is 11.9 Å². The van der Waals surface area contributed by atoms with E-state index in [0.717, 1.165) is 40.1 Å². The van der Waals surface area contributed by atoms with Crippen LogP contribution in [0.1, 0.15) is 48.2 Å². The van der Waals surface area contributed by atoms with Gasteiger partial charge in [-0.15, -0.1) is 23.1 Å². The molecule has 53 heavy (non-hydrogen) atoms. The first kappa shape index (κ1) is 37.8. The molecule has 1 saturated heterocycles. The number of carbonyl (C=O) groups is 4. The fraction of sp³-hybridized carbons (Fsp3) is 0.333. The lowest BCUT2D eigenvalue weighted by Gasteiger charge is -2.49. The van der Waals surface area contributed by atoms with Crippen LogP contribution in [-0.4, -0.2) is 94.5 Å². The zero-order valence-electron chi connectivity index (χ0n) is 28.9. The molecule has 1 unspecified atom stereocenters. The number of halogens is 1. The van der Waals surface area contributed by atoms with Gasteiger partial charge in [-0.1, -0.05) is 53.2 Å². The number of nitrogens with two attached hydrogens (primary N) is 1. The molecule has 3 aromatic rings. The zero-order valence-corrected chi connectivity index (χ0v) is 31.3. The summed E-state index contributed by atoms with van der Waals surface area (Å²) in [5.74, 6) is -4.82. The molecular weight excluding hydrogens is 746 g/mol. The number of oxime groups is 1. The number of allylic oxidation sites excluding steroid dienone is 1. The first-order chi connectivity index (χ1) is 25.0. The Morgan fingerprint density at radius 3 is 2.55 bits per heavy atom. The molecule has 3 aliphatic rings. The summed E-state index contributed by atoms with van der Waals surface area (Å²) in [4.78, 5) is 61.3. The Kier molecular flexibility index (Phi) is 10.4. The maximum Gasteiger partial charge on any atom is 0.352 e. The fourth-order valence-corrected chi connectivity index (χ4v) is 8.79. The first-order valence-electron chi connectivity index (χ1n) is 16.5. The van der Waals surface area contributed by atoms with Crippen LogP contribution in [0.4, 0.5) is 5.13 Å². The van der Waals surface area contributed by atoms with Crippen molar-refractivity contribution < 1.29 is 48.9 Å². The minimum absolute atomic E-state index is 0.0756. The van der Waals surface area contributed by atoms with Crippen molar-refractivity contribution in [2.24, 2.45) is 11.1 Å². The number of amides is 1. The summed E-state index contributed by atoms with van der Waals surface area (Å²) >= 11 is 8.68. The number of Topliss-reactive ketones (excluding diaryl/α,β-unsaturated/α-hetero) is 1. The van der Waals surface area contributed by atoms with Crippen molar-refractivity contribution >= 4 is 75.2 Å². The molecule has 0 spiro atoms. The van der Waals surface area contributed by atoms with Crippen LogP contribution in [0, 0.1) is 5.92 Å². The number of nitrogen functional groups attached to an aromatic ring is 1. The summed E-state index contributed by atoms with van der Waals surface area (Å²) < 4.78 is 0.677. The van der Waals surface area contributed by atoms with Gasteiger partial charge in [0.15, 0.2) is 28.1 Å². The van der Waals surface area contributed by atoms with Gasteiger partial charge in [-0.05, 0) is 36.6 Å². The van der Waals surface area contributed by atoms with Crippen molar-refractivity contribution in [1.82, 2.24) is 9.88 Å². The van der Waals surface area contributed by atoms with E-state index >= 15 is 0 Å². The number of thioether (sulfide) groups is 1. The number of anilines is 1. The molecule has 17 heteroatoms. The third-order valence-electron chi connectivity index (χ3n) is 9.51. The predicted octanol–water partition coefficient (Wildman–Crippen LogP) is 4.62. The summed E-state index contributed by atoms with van der Waals surface area (Å²) in [6.07, 6.45) is 3.82. The Morgan fingerprint density at radius 2 is 1.91 bits per heavy atom. The average Bonchev–Trinajstić information content (AvgIpc) is 3.53. The molecule has 6 rings (SSSR count). The number of nitrogens with zero attached hydrogens (tertiary/aromatic N) is 4. The number of carboxylic acid groups (broad SMARTS) is 2. The molecule has 4 heterocycles. The summed E-state index contributed by atoms with van der Waals surface area (Å²) in [5.41, 5.74) is 7.75. The smallest absolute Gasteiger partial charge is 0.352 e. The molecule has 6 N–H and O–H groups in total. The highest BCUT2D eigenvalue weighted by Crippen LogP contribution is 2.46. The molecule has 0 bridgehead atoms. The monoisotopic (exact) mass is 782 g/mol. The van der Waals surface area contributed by atoms with Crippen molar-refractivity contribution in [3.8, 4) is 11.5 Å². The number of ketones is 1. The van der Waals surface area contributed by atoms with Gasteiger partial charge < -0.3 is 35.5 Å². The number of β-lactam (4-membered cyclic amide) rings is 1. The topological polar surface area (TPSA) is 213 Å². The van der Waals surface area contributed by atoms with E-state index in [0.29, 0.717) is 29.6 Å². The average molecular weight is 783 g/mol. The van der Waals surface area contributed by atoms with Crippen molar-refractivity contribution in [2.45, 2.75) is 50.8 Å². The Bertz CT molecular complexity index is 2110. The van der Waals surface area contributed by atoms with Crippen LogP contribution in [0.25, 0.3) is 6.08 Å². The van der Waals surface area contributed by atoms with Crippen molar-refractivity contribution in [3.63, 3.8) is 0 Å². The summed E-state index contributed by atoms with van der Waals surface area (Å²) in [5, 5.41) is 44.7. The Balaban J connectivity index is 1.13. The minimum atomic E-state index is -1.75. The lowest BCUT2D eigenvalue weighted by Crippen LogP contribution is -2.62. The van der Waals surface area contributed by atoms with E-state index in [1.54, 1.807) is 18.2 Å². The second kappa shape index (κ2) is 14.5. The van der Waals surface area contributed by atoms with Crippen LogP contribution in [0.15, 0.2) is 58.2 Å². The molecule has 0 radical (unpaired) electrons. The van der Waals surface area contributed by atoms with Gasteiger partial charge in [0.25, 0.3) is 0 Å². The molecule has 0 aliphatic carbocycles. The van der Waals surface area contributed by atoms with Crippen LogP contribution in [0.2, 0.25) is 5.02 Å². The molecule has 3 atom stereocenters. The second-order valence-corrected chi connectivity index (χ2v) is 16.3. The molecule has 278 valence electrons. The van der Waals surface area contributed by atoms with Crippen LogP contribution in [0.5, 0.6) is 11.5 Å². The van der Waals surface area contributed by atoms with Crippen LogP contribution >= 0.6 is 34.7 Å². The number of rotatable bonds is 12. The summed E-state index contributed by atoms with van der Waals surface area (Å²) in [6.45, 7) is 4.67. The number of aromatic hydroxyl groups is 2. The normalized spacial score (nSPS) is 21.6. The number of aliphatic carboxylic acids is 2. The van der Waals surface area contributed by atoms with Gasteiger partial charge in [-0.25, -0.2) is 14.6 Å². The van der Waals surface area contributed by atoms with Crippen LogP contribution < -0.4 is 5.73 Å². The highest BCUT2D eigenvalue weighted by atomic mass is 35.5. The highest BCUT2D eigenvalue weighted by molar-refractivity contribution is 8.00. The van der Waals surface area contributed by atoms with Gasteiger partial charge in [-0.3, -0.25) is 14.5 Å². The number of quaternary nitrogens is 1. The second-order valence-electron chi connectivity index (χ2n) is 13.9. The lowest BCUT2D eigenvalue weighted by molar-refractivity contribution is -0.937. The van der Waals surface area contributed by atoms with Crippen molar-refractivity contribution in [2.75, 3.05) is 25.1 Å². The molecule has 1 amide bonds. The van der Waals surface area contributed by atoms with Crippen LogP contribution in [0.3, 0.4) is 0 Å². The van der Waals surface area contributed by atoms with Crippen molar-refractivity contribution in [1.29, 1.82) is 0 Å². The quantitative estimate of drug-likeness (QED) is 0.0560. The Morgan fingerprint density at radius 1 is 1.19 bits per heavy atom. The maximum atomic E-state index is 13.5. The predicted molar refractivity (Wildman–Crippen MR) is 199 cm³/mol. The Labute approximate surface area is 317 Å². The number of carbonyl (C=O) groups excluding carboxylic acids is 2. The summed E-state index contributed by atoms with van der Waals surface area (Å²) in [6, 6.07) is 9.45. The van der Waals surface area contributed by atoms with Gasteiger partial charge in [0.1, 0.15) is 24.5 Å². The maximum absolute atomic E-state index is 13.5. The summed E-state index contributed by atoms with van der Waals surface area (Å²) in [7, 11) is 2.13. The van der Waals surface area contributed by atoms with E-state index in [9.17, 15) is 39.6 Å². The van der Waals surface area contributed by atoms with Gasteiger partial charge in [0.05, 0.1) is 29.9 Å². The Hall–Kier alpha value is -4.90. The van der Waals surface area contributed by atoms with Gasteiger partial charge in [-0.2, -0.15) is 0 Å². The number of aromatic nitrogens is 1. The fourth-order valence-electron chi connectivity index (χ4n) is 6.54. The lowest BCUT2D eigenvalue weighted by atomic mass is 9.89. The molecule has 1 fully saturated rings. The number of benzene rings is 2. The van der Waals surface area contributed by atoms with Gasteiger partial charge in [0, 0.05) is 35.1 Å². The number of phenolic OH excluding ortho intramolecular Hbond substituents is 2. The molecule has 0 saturated carbocycles. The first-order valence-corrected chi connectivity index (χ1v) is 18.8.